The van der Waals surface area contributed by atoms with E-state index in [0.717, 1.165) is 15.9 Å². The number of nitrogens with two attached hydrogens (primary N) is 1. The van der Waals surface area contributed by atoms with Crippen LogP contribution in [0, 0.1) is 0 Å². The van der Waals surface area contributed by atoms with Gasteiger partial charge < -0.3 is 10.7 Å². The summed E-state index contributed by atoms with van der Waals surface area (Å²) in [6.07, 6.45) is 1.85. The molecule has 62 valence electrons. The summed E-state index contributed by atoms with van der Waals surface area (Å²) >= 11 is 3.33. The Labute approximate surface area is 77.3 Å². The van der Waals surface area contributed by atoms with Crippen molar-refractivity contribution in [2.24, 2.45) is 0 Å². The minimum absolute atomic E-state index is 0.472. The highest BCUT2D eigenvalue weighted by Gasteiger charge is 2.09. The Kier molecular flexibility index (Phi) is 1.65. The van der Waals surface area contributed by atoms with E-state index in [0.29, 0.717) is 5.82 Å². The van der Waals surface area contributed by atoms with Crippen molar-refractivity contribution < 1.29 is 0 Å². The van der Waals surface area contributed by atoms with Crippen molar-refractivity contribution in [2.45, 2.75) is 0 Å². The molecule has 2 rings (SSSR count). The quantitative estimate of drug-likeness (QED) is 0.694. The molecule has 4 nitrogen and oxygen atoms in total. The Morgan fingerprint density at radius 1 is 1.50 bits per heavy atom. The van der Waals surface area contributed by atoms with Gasteiger partial charge in [0, 0.05) is 6.20 Å². The highest BCUT2D eigenvalue weighted by molar-refractivity contribution is 9.10. The van der Waals surface area contributed by atoms with Crippen LogP contribution >= 0.6 is 15.9 Å². The van der Waals surface area contributed by atoms with Crippen molar-refractivity contribution in [1.29, 1.82) is 0 Å². The molecule has 0 saturated heterocycles. The molecule has 2 aromatic heterocycles. The summed E-state index contributed by atoms with van der Waals surface area (Å²) in [7, 11) is 0. The fourth-order valence-electron chi connectivity index (χ4n) is 1.01. The standard InChI is InChI=1S/C7H7BrN4/c8-5-6(11-12-7(5)9)4-2-1-3-10-4/h1-3,10H,(H3,9,11,12). The third kappa shape index (κ3) is 1.02. The van der Waals surface area contributed by atoms with Gasteiger partial charge in [-0.25, -0.2) is 0 Å². The Hall–Kier alpha value is -1.23. The molecule has 0 aliphatic heterocycles. The number of hydrogen-bond acceptors (Lipinski definition) is 2. The van der Waals surface area contributed by atoms with Gasteiger partial charge in [-0.2, -0.15) is 5.10 Å². The second-order valence-electron chi connectivity index (χ2n) is 2.38. The maximum atomic E-state index is 5.54. The molecule has 2 heterocycles. The van der Waals surface area contributed by atoms with Crippen LogP contribution in [-0.2, 0) is 0 Å². The highest BCUT2D eigenvalue weighted by Crippen LogP contribution is 2.28. The number of anilines is 1. The summed E-state index contributed by atoms with van der Waals surface area (Å²) in [5, 5.41) is 6.68. The largest absolute Gasteiger partial charge is 0.381 e. The van der Waals surface area contributed by atoms with Crippen LogP contribution < -0.4 is 5.73 Å². The van der Waals surface area contributed by atoms with Gasteiger partial charge in [0.05, 0.1) is 15.9 Å². The number of hydrogen-bond donors (Lipinski definition) is 3. The number of nitrogens with one attached hydrogen (secondary N) is 2. The maximum Gasteiger partial charge on any atom is 0.160 e. The summed E-state index contributed by atoms with van der Waals surface area (Å²) in [6.45, 7) is 0. The van der Waals surface area contributed by atoms with Crippen LogP contribution in [0.2, 0.25) is 0 Å². The first-order chi connectivity index (χ1) is 5.79. The number of nitrogen functional groups attached to an aromatic ring is 1. The number of aromatic amines is 2. The number of halogens is 1. The van der Waals surface area contributed by atoms with Crippen LogP contribution in [0.5, 0.6) is 0 Å². The molecular weight excluding hydrogens is 220 g/mol. The van der Waals surface area contributed by atoms with E-state index in [2.05, 4.69) is 31.1 Å². The zero-order valence-corrected chi connectivity index (χ0v) is 7.72. The van der Waals surface area contributed by atoms with Gasteiger partial charge in [-0.3, -0.25) is 5.10 Å². The van der Waals surface area contributed by atoms with Crippen LogP contribution in [0.1, 0.15) is 0 Å². The van der Waals surface area contributed by atoms with Gasteiger partial charge in [0.2, 0.25) is 0 Å². The van der Waals surface area contributed by atoms with E-state index >= 15 is 0 Å². The SMILES string of the molecule is Nc1n[nH]c(-c2ccc[nH]2)c1Br. The summed E-state index contributed by atoms with van der Waals surface area (Å²) in [5.74, 6) is 0.472. The van der Waals surface area contributed by atoms with Gasteiger partial charge in [-0.15, -0.1) is 0 Å². The molecule has 0 atom stereocenters. The van der Waals surface area contributed by atoms with Crippen molar-refractivity contribution in [3.05, 3.63) is 22.8 Å². The molecule has 12 heavy (non-hydrogen) atoms. The Morgan fingerprint density at radius 3 is 2.83 bits per heavy atom. The first kappa shape index (κ1) is 7.42. The number of nitrogens with zero attached hydrogens (tertiary/aromatic N) is 1. The monoisotopic (exact) mass is 226 g/mol. The van der Waals surface area contributed by atoms with E-state index in [4.69, 9.17) is 5.73 Å². The van der Waals surface area contributed by atoms with Gasteiger partial charge in [0.1, 0.15) is 0 Å². The predicted molar refractivity (Wildman–Crippen MR) is 50.5 cm³/mol. The van der Waals surface area contributed by atoms with Crippen molar-refractivity contribution in [3.8, 4) is 11.4 Å². The third-order valence-corrected chi connectivity index (χ3v) is 2.40. The van der Waals surface area contributed by atoms with Crippen LogP contribution in [0.4, 0.5) is 5.82 Å². The smallest absolute Gasteiger partial charge is 0.160 e. The van der Waals surface area contributed by atoms with Crippen molar-refractivity contribution >= 4 is 21.7 Å². The summed E-state index contributed by atoms with van der Waals surface area (Å²) in [6, 6.07) is 3.86. The number of rotatable bonds is 1. The van der Waals surface area contributed by atoms with E-state index in [1.807, 2.05) is 18.3 Å². The van der Waals surface area contributed by atoms with Gasteiger partial charge in [-0.05, 0) is 28.1 Å². The van der Waals surface area contributed by atoms with Crippen molar-refractivity contribution in [1.82, 2.24) is 15.2 Å². The lowest BCUT2D eigenvalue weighted by molar-refractivity contribution is 1.10. The van der Waals surface area contributed by atoms with E-state index in [-0.39, 0.29) is 0 Å². The molecule has 0 spiro atoms. The topological polar surface area (TPSA) is 70.5 Å². The molecule has 4 N–H and O–H groups in total. The molecule has 0 amide bonds. The second kappa shape index (κ2) is 2.67. The molecule has 0 radical (unpaired) electrons. The average Bonchev–Trinajstić information content (AvgIpc) is 2.64. The minimum atomic E-state index is 0.472. The molecule has 0 aliphatic rings. The van der Waals surface area contributed by atoms with Crippen LogP contribution in [-0.4, -0.2) is 15.2 Å². The minimum Gasteiger partial charge on any atom is -0.381 e. The highest BCUT2D eigenvalue weighted by atomic mass is 79.9. The van der Waals surface area contributed by atoms with E-state index in [9.17, 15) is 0 Å². The van der Waals surface area contributed by atoms with Gasteiger partial charge in [0.15, 0.2) is 5.82 Å². The van der Waals surface area contributed by atoms with Crippen LogP contribution in [0.25, 0.3) is 11.4 Å². The number of H-pyrrole nitrogens is 2. The fraction of sp³-hybridized carbons (Fsp3) is 0. The first-order valence-corrected chi connectivity index (χ1v) is 4.21. The van der Waals surface area contributed by atoms with Crippen molar-refractivity contribution in [2.75, 3.05) is 5.73 Å². The average molecular weight is 227 g/mol. The fourth-order valence-corrected chi connectivity index (χ4v) is 1.40. The Balaban J connectivity index is 2.55. The first-order valence-electron chi connectivity index (χ1n) is 3.42. The van der Waals surface area contributed by atoms with Crippen LogP contribution in [0.15, 0.2) is 22.8 Å². The van der Waals surface area contributed by atoms with Crippen LogP contribution in [0.3, 0.4) is 0 Å². The molecule has 0 fully saturated rings. The summed E-state index contributed by atoms with van der Waals surface area (Å²) in [4.78, 5) is 3.05. The number of aromatic nitrogens is 3. The molecule has 0 bridgehead atoms. The van der Waals surface area contributed by atoms with E-state index in [1.165, 1.54) is 0 Å². The molecule has 0 aromatic carbocycles. The van der Waals surface area contributed by atoms with Crippen molar-refractivity contribution in [3.63, 3.8) is 0 Å². The molecule has 0 unspecified atom stereocenters. The summed E-state index contributed by atoms with van der Waals surface area (Å²) in [5.41, 5.74) is 7.38. The van der Waals surface area contributed by atoms with E-state index in [1.54, 1.807) is 0 Å². The molecule has 5 heteroatoms. The lowest BCUT2D eigenvalue weighted by Gasteiger charge is -1.91. The van der Waals surface area contributed by atoms with Gasteiger partial charge >= 0.3 is 0 Å². The van der Waals surface area contributed by atoms with Gasteiger partial charge in [0.25, 0.3) is 0 Å². The predicted octanol–water partition coefficient (Wildman–Crippen LogP) is 1.75. The third-order valence-electron chi connectivity index (χ3n) is 1.60. The second-order valence-corrected chi connectivity index (χ2v) is 3.17. The Bertz CT molecular complexity index is 376. The zero-order chi connectivity index (χ0) is 8.55. The lowest BCUT2D eigenvalue weighted by atomic mass is 10.3. The normalized spacial score (nSPS) is 10.4. The van der Waals surface area contributed by atoms with E-state index < -0.39 is 0 Å². The maximum absolute atomic E-state index is 5.54. The molecule has 0 saturated carbocycles. The summed E-state index contributed by atoms with van der Waals surface area (Å²) < 4.78 is 0.796. The molecule has 2 aromatic rings. The Morgan fingerprint density at radius 2 is 2.33 bits per heavy atom. The molecular formula is C7H7BrN4. The molecule has 0 aliphatic carbocycles. The zero-order valence-electron chi connectivity index (χ0n) is 6.13. The van der Waals surface area contributed by atoms with Gasteiger partial charge in [-0.1, -0.05) is 0 Å². The lowest BCUT2D eigenvalue weighted by Crippen LogP contribution is -1.83.